The third kappa shape index (κ3) is 3.86. The largest absolute Gasteiger partial charge is 0.396 e. The highest BCUT2D eigenvalue weighted by atomic mass is 32.2. The summed E-state index contributed by atoms with van der Waals surface area (Å²) < 4.78 is 0. The minimum Gasteiger partial charge on any atom is -0.396 e. The van der Waals surface area contributed by atoms with Crippen LogP contribution in [0.25, 0.3) is 0 Å². The van der Waals surface area contributed by atoms with E-state index >= 15 is 0 Å². The van der Waals surface area contributed by atoms with Crippen molar-refractivity contribution in [3.05, 3.63) is 29.8 Å². The van der Waals surface area contributed by atoms with Crippen LogP contribution in [-0.2, 0) is 0 Å². The lowest BCUT2D eigenvalue weighted by molar-refractivity contribution is 0.322. The van der Waals surface area contributed by atoms with Crippen LogP contribution >= 0.6 is 11.8 Å². The van der Waals surface area contributed by atoms with Gasteiger partial charge in [-0.25, -0.2) is 0 Å². The number of hydrogen-bond donors (Lipinski definition) is 2. The lowest BCUT2D eigenvalue weighted by Crippen LogP contribution is -2.14. The molecule has 1 rings (SSSR count). The number of rotatable bonds is 6. The highest BCUT2D eigenvalue weighted by molar-refractivity contribution is 7.99. The zero-order valence-electron chi connectivity index (χ0n) is 9.36. The summed E-state index contributed by atoms with van der Waals surface area (Å²) in [5.41, 5.74) is 1.33. The highest BCUT2D eigenvalue weighted by Crippen LogP contribution is 2.21. The van der Waals surface area contributed by atoms with E-state index in [9.17, 15) is 0 Å². The predicted molar refractivity (Wildman–Crippen MR) is 66.3 cm³/mol. The molecule has 0 spiro atoms. The maximum Gasteiger partial charge on any atom is 0.0525 e. The van der Waals surface area contributed by atoms with Gasteiger partial charge >= 0.3 is 0 Å². The van der Waals surface area contributed by atoms with E-state index in [-0.39, 0.29) is 6.61 Å². The molecule has 0 amide bonds. The number of hydrogen-bond acceptors (Lipinski definition) is 3. The Kier molecular flexibility index (Phi) is 5.76. The first kappa shape index (κ1) is 12.6. The summed E-state index contributed by atoms with van der Waals surface area (Å²) in [5, 5.41) is 12.0. The van der Waals surface area contributed by atoms with Gasteiger partial charge in [0, 0.05) is 16.7 Å². The monoisotopic (exact) mass is 225 g/mol. The normalized spacial score (nSPS) is 12.7. The van der Waals surface area contributed by atoms with Gasteiger partial charge in [0.15, 0.2) is 0 Å². The van der Waals surface area contributed by atoms with Gasteiger partial charge in [-0.05, 0) is 31.2 Å². The molecule has 2 nitrogen and oxygen atoms in total. The summed E-state index contributed by atoms with van der Waals surface area (Å²) in [6, 6.07) is 9.00. The van der Waals surface area contributed by atoms with E-state index < -0.39 is 0 Å². The van der Waals surface area contributed by atoms with Gasteiger partial charge < -0.3 is 10.4 Å². The first-order valence-electron chi connectivity index (χ1n) is 5.32. The number of aliphatic hydroxyl groups is 1. The Hall–Kier alpha value is -0.510. The van der Waals surface area contributed by atoms with Crippen LogP contribution in [0.5, 0.6) is 0 Å². The standard InChI is InChI=1S/C12H19NOS/c1-3-12(13-2)10-4-6-11(7-5-10)15-9-8-14/h4-7,12-14H,3,8-9H2,1-2H3. The fourth-order valence-corrected chi connectivity index (χ4v) is 2.22. The van der Waals surface area contributed by atoms with Gasteiger partial charge in [0.2, 0.25) is 0 Å². The van der Waals surface area contributed by atoms with Crippen LogP contribution in [0, 0.1) is 0 Å². The van der Waals surface area contributed by atoms with Crippen molar-refractivity contribution < 1.29 is 5.11 Å². The molecule has 3 heteroatoms. The van der Waals surface area contributed by atoms with Crippen molar-refractivity contribution in [2.24, 2.45) is 0 Å². The summed E-state index contributed by atoms with van der Waals surface area (Å²) in [4.78, 5) is 1.22. The Bertz CT molecular complexity index is 269. The van der Waals surface area contributed by atoms with Crippen molar-refractivity contribution in [2.75, 3.05) is 19.4 Å². The lowest BCUT2D eigenvalue weighted by atomic mass is 10.1. The second-order valence-corrected chi connectivity index (χ2v) is 4.56. The maximum absolute atomic E-state index is 8.72. The molecule has 0 fully saturated rings. The van der Waals surface area contributed by atoms with Crippen molar-refractivity contribution >= 4 is 11.8 Å². The van der Waals surface area contributed by atoms with Crippen LogP contribution in [0.1, 0.15) is 24.9 Å². The van der Waals surface area contributed by atoms with Crippen molar-refractivity contribution in [3.63, 3.8) is 0 Å². The van der Waals surface area contributed by atoms with Crippen molar-refractivity contribution in [1.29, 1.82) is 0 Å². The topological polar surface area (TPSA) is 32.3 Å². The molecule has 0 saturated heterocycles. The van der Waals surface area contributed by atoms with Gasteiger partial charge in [-0.2, -0.15) is 0 Å². The van der Waals surface area contributed by atoms with E-state index in [4.69, 9.17) is 5.11 Å². The lowest BCUT2D eigenvalue weighted by Gasteiger charge is -2.14. The summed E-state index contributed by atoms with van der Waals surface area (Å²) in [5.74, 6) is 0.766. The molecule has 0 aliphatic heterocycles. The fraction of sp³-hybridized carbons (Fsp3) is 0.500. The van der Waals surface area contributed by atoms with Crippen LogP contribution in [0.15, 0.2) is 29.2 Å². The fourth-order valence-electron chi connectivity index (χ4n) is 1.57. The molecular formula is C12H19NOS. The minimum absolute atomic E-state index is 0.237. The Balaban J connectivity index is 2.62. The molecule has 2 N–H and O–H groups in total. The van der Waals surface area contributed by atoms with E-state index in [1.807, 2.05) is 7.05 Å². The SMILES string of the molecule is CCC(NC)c1ccc(SCCO)cc1. The molecule has 0 aromatic heterocycles. The van der Waals surface area contributed by atoms with Gasteiger partial charge in [0.25, 0.3) is 0 Å². The van der Waals surface area contributed by atoms with E-state index in [2.05, 4.69) is 36.5 Å². The van der Waals surface area contributed by atoms with Crippen LogP contribution in [0.2, 0.25) is 0 Å². The molecule has 1 atom stereocenters. The van der Waals surface area contributed by atoms with Gasteiger partial charge in [-0.3, -0.25) is 0 Å². The van der Waals surface area contributed by atoms with Gasteiger partial charge in [-0.1, -0.05) is 19.1 Å². The molecule has 0 aliphatic carbocycles. The average molecular weight is 225 g/mol. The van der Waals surface area contributed by atoms with Crippen LogP contribution in [-0.4, -0.2) is 24.5 Å². The summed E-state index contributed by atoms with van der Waals surface area (Å²) in [7, 11) is 1.99. The van der Waals surface area contributed by atoms with Crippen molar-refractivity contribution in [3.8, 4) is 0 Å². The smallest absolute Gasteiger partial charge is 0.0525 e. The summed E-state index contributed by atoms with van der Waals surface area (Å²) in [6.45, 7) is 2.41. The first-order valence-corrected chi connectivity index (χ1v) is 6.31. The zero-order valence-corrected chi connectivity index (χ0v) is 10.2. The molecule has 0 saturated carbocycles. The summed E-state index contributed by atoms with van der Waals surface area (Å²) >= 11 is 1.69. The second kappa shape index (κ2) is 6.88. The van der Waals surface area contributed by atoms with Gasteiger partial charge in [-0.15, -0.1) is 11.8 Å². The van der Waals surface area contributed by atoms with E-state index in [0.29, 0.717) is 6.04 Å². The molecule has 0 aliphatic rings. The maximum atomic E-state index is 8.72. The molecule has 15 heavy (non-hydrogen) atoms. The van der Waals surface area contributed by atoms with E-state index in [0.717, 1.165) is 12.2 Å². The van der Waals surface area contributed by atoms with Crippen molar-refractivity contribution in [2.45, 2.75) is 24.3 Å². The third-order valence-corrected chi connectivity index (χ3v) is 3.39. The molecule has 1 unspecified atom stereocenters. The Labute approximate surface area is 96.1 Å². The predicted octanol–water partition coefficient (Wildman–Crippen LogP) is 2.44. The zero-order chi connectivity index (χ0) is 11.1. The number of nitrogens with one attached hydrogen (secondary N) is 1. The quantitative estimate of drug-likeness (QED) is 0.729. The second-order valence-electron chi connectivity index (χ2n) is 3.39. The van der Waals surface area contributed by atoms with Gasteiger partial charge in [0.1, 0.15) is 0 Å². The molecule has 0 heterocycles. The molecular weight excluding hydrogens is 206 g/mol. The Morgan fingerprint density at radius 2 is 2.00 bits per heavy atom. The molecule has 1 aromatic carbocycles. The molecule has 1 aromatic rings. The Morgan fingerprint density at radius 1 is 1.33 bits per heavy atom. The van der Waals surface area contributed by atoms with Gasteiger partial charge in [0.05, 0.1) is 6.61 Å². The molecule has 0 bridgehead atoms. The molecule has 84 valence electrons. The third-order valence-electron chi connectivity index (χ3n) is 2.40. The van der Waals surface area contributed by atoms with Crippen LogP contribution < -0.4 is 5.32 Å². The van der Waals surface area contributed by atoms with Crippen LogP contribution in [0.4, 0.5) is 0 Å². The van der Waals surface area contributed by atoms with E-state index in [1.165, 1.54) is 10.5 Å². The first-order chi connectivity index (χ1) is 7.31. The number of thioether (sulfide) groups is 1. The summed E-state index contributed by atoms with van der Waals surface area (Å²) in [6.07, 6.45) is 1.10. The average Bonchev–Trinajstić information content (AvgIpc) is 2.29. The number of benzene rings is 1. The Morgan fingerprint density at radius 3 is 2.47 bits per heavy atom. The highest BCUT2D eigenvalue weighted by Gasteiger charge is 2.05. The minimum atomic E-state index is 0.237. The molecule has 0 radical (unpaired) electrons. The van der Waals surface area contributed by atoms with Crippen LogP contribution in [0.3, 0.4) is 0 Å². The van der Waals surface area contributed by atoms with Crippen molar-refractivity contribution in [1.82, 2.24) is 5.32 Å². The number of aliphatic hydroxyl groups excluding tert-OH is 1. The van der Waals surface area contributed by atoms with E-state index in [1.54, 1.807) is 11.8 Å².